The molecular formula is C15H20BrN5. The van der Waals surface area contributed by atoms with E-state index in [4.69, 9.17) is 0 Å². The molecule has 1 heterocycles. The van der Waals surface area contributed by atoms with Crippen molar-refractivity contribution in [3.8, 4) is 0 Å². The number of unbranched alkanes of at least 4 members (excludes halogenated alkanes) is 1. The average molecular weight is 350 g/mol. The van der Waals surface area contributed by atoms with Crippen molar-refractivity contribution < 1.29 is 0 Å². The summed E-state index contributed by atoms with van der Waals surface area (Å²) in [5.41, 5.74) is 2.16. The van der Waals surface area contributed by atoms with Gasteiger partial charge in [-0.25, -0.2) is 0 Å². The van der Waals surface area contributed by atoms with Crippen molar-refractivity contribution in [3.05, 3.63) is 34.4 Å². The van der Waals surface area contributed by atoms with E-state index in [1.807, 2.05) is 18.0 Å². The summed E-state index contributed by atoms with van der Waals surface area (Å²) in [7, 11) is 1.98. The highest BCUT2D eigenvalue weighted by Crippen LogP contribution is 2.26. The van der Waals surface area contributed by atoms with Gasteiger partial charge in [0.1, 0.15) is 0 Å². The highest BCUT2D eigenvalue weighted by Gasteiger charge is 2.07. The van der Waals surface area contributed by atoms with Crippen LogP contribution in [0.25, 0.3) is 0 Å². The van der Waals surface area contributed by atoms with Crippen molar-refractivity contribution in [2.75, 3.05) is 23.8 Å². The van der Waals surface area contributed by atoms with E-state index in [-0.39, 0.29) is 0 Å². The van der Waals surface area contributed by atoms with Crippen molar-refractivity contribution in [2.24, 2.45) is 0 Å². The molecule has 21 heavy (non-hydrogen) atoms. The van der Waals surface area contributed by atoms with Gasteiger partial charge in [-0.2, -0.15) is 10.1 Å². The summed E-state index contributed by atoms with van der Waals surface area (Å²) in [6.45, 7) is 5.15. The predicted molar refractivity (Wildman–Crippen MR) is 90.2 cm³/mol. The Balaban J connectivity index is 2.13. The summed E-state index contributed by atoms with van der Waals surface area (Å²) in [4.78, 5) is 6.52. The quantitative estimate of drug-likeness (QED) is 0.856. The molecule has 0 aliphatic carbocycles. The topological polar surface area (TPSA) is 53.9 Å². The number of benzene rings is 1. The molecule has 5 nitrogen and oxygen atoms in total. The molecule has 0 bridgehead atoms. The Kier molecular flexibility index (Phi) is 5.50. The molecule has 0 spiro atoms. The maximum atomic E-state index is 4.50. The van der Waals surface area contributed by atoms with Gasteiger partial charge in [-0.05, 0) is 47.0 Å². The lowest BCUT2D eigenvalue weighted by molar-refractivity contribution is 0.741. The number of hydrogen-bond acceptors (Lipinski definition) is 5. The molecular weight excluding hydrogens is 330 g/mol. The summed E-state index contributed by atoms with van der Waals surface area (Å²) in [5, 5.41) is 11.4. The molecule has 1 aromatic heterocycles. The van der Waals surface area contributed by atoms with Gasteiger partial charge < -0.3 is 10.2 Å². The highest BCUT2D eigenvalue weighted by atomic mass is 79.9. The van der Waals surface area contributed by atoms with E-state index >= 15 is 0 Å². The van der Waals surface area contributed by atoms with Gasteiger partial charge in [0, 0.05) is 18.1 Å². The van der Waals surface area contributed by atoms with Gasteiger partial charge in [0.2, 0.25) is 5.95 Å². The van der Waals surface area contributed by atoms with Gasteiger partial charge in [0.15, 0.2) is 5.82 Å². The lowest BCUT2D eigenvalue weighted by Gasteiger charge is -2.16. The molecule has 0 saturated carbocycles. The Morgan fingerprint density at radius 1 is 1.33 bits per heavy atom. The average Bonchev–Trinajstić information content (AvgIpc) is 2.48. The van der Waals surface area contributed by atoms with E-state index in [0.29, 0.717) is 11.8 Å². The minimum atomic E-state index is 0.636. The van der Waals surface area contributed by atoms with Crippen molar-refractivity contribution in [2.45, 2.75) is 26.7 Å². The van der Waals surface area contributed by atoms with Gasteiger partial charge in [-0.1, -0.05) is 19.4 Å². The van der Waals surface area contributed by atoms with Crippen LogP contribution in [0.5, 0.6) is 0 Å². The van der Waals surface area contributed by atoms with Gasteiger partial charge in [0.25, 0.3) is 0 Å². The second-order valence-corrected chi connectivity index (χ2v) is 5.88. The normalized spacial score (nSPS) is 10.5. The first-order chi connectivity index (χ1) is 10.1. The van der Waals surface area contributed by atoms with Crippen molar-refractivity contribution >= 4 is 33.4 Å². The molecule has 0 aliphatic heterocycles. The van der Waals surface area contributed by atoms with Crippen LogP contribution >= 0.6 is 15.9 Å². The van der Waals surface area contributed by atoms with Crippen molar-refractivity contribution in [1.29, 1.82) is 0 Å². The zero-order valence-electron chi connectivity index (χ0n) is 12.6. The van der Waals surface area contributed by atoms with Crippen LogP contribution in [0.1, 0.15) is 25.3 Å². The number of nitrogens with zero attached hydrogens (tertiary/aromatic N) is 4. The Morgan fingerprint density at radius 2 is 2.14 bits per heavy atom. The molecule has 1 N–H and O–H groups in total. The van der Waals surface area contributed by atoms with Crippen LogP contribution in [0.15, 0.2) is 28.9 Å². The maximum Gasteiger partial charge on any atom is 0.247 e. The fourth-order valence-corrected chi connectivity index (χ4v) is 2.46. The van der Waals surface area contributed by atoms with Crippen molar-refractivity contribution in [3.63, 3.8) is 0 Å². The molecule has 112 valence electrons. The van der Waals surface area contributed by atoms with E-state index in [0.717, 1.165) is 29.5 Å². The largest absolute Gasteiger partial charge is 0.343 e. The lowest BCUT2D eigenvalue weighted by atomic mass is 10.2. The van der Waals surface area contributed by atoms with E-state index in [9.17, 15) is 0 Å². The maximum absolute atomic E-state index is 4.50. The molecule has 2 aromatic rings. The van der Waals surface area contributed by atoms with Crippen LogP contribution in [0.3, 0.4) is 0 Å². The first-order valence-electron chi connectivity index (χ1n) is 7.04. The van der Waals surface area contributed by atoms with Crippen LogP contribution in [0.4, 0.5) is 17.5 Å². The third-order valence-corrected chi connectivity index (χ3v) is 3.78. The number of aryl methyl sites for hydroxylation is 1. The first kappa shape index (κ1) is 15.7. The molecule has 0 unspecified atom stereocenters. The number of aromatic nitrogens is 3. The van der Waals surface area contributed by atoms with Gasteiger partial charge in [-0.3, -0.25) is 0 Å². The summed E-state index contributed by atoms with van der Waals surface area (Å²) in [5.74, 6) is 1.32. The Morgan fingerprint density at radius 3 is 2.86 bits per heavy atom. The lowest BCUT2D eigenvalue weighted by Crippen LogP contribution is -2.21. The fourth-order valence-electron chi connectivity index (χ4n) is 1.87. The van der Waals surface area contributed by atoms with E-state index in [2.05, 4.69) is 62.4 Å². The van der Waals surface area contributed by atoms with E-state index in [1.165, 1.54) is 5.56 Å². The number of hydrogen-bond donors (Lipinski definition) is 1. The summed E-state index contributed by atoms with van der Waals surface area (Å²) in [6.07, 6.45) is 3.89. The van der Waals surface area contributed by atoms with Gasteiger partial charge in [0.05, 0.1) is 11.9 Å². The molecule has 0 amide bonds. The fraction of sp³-hybridized carbons (Fsp3) is 0.400. The molecule has 0 saturated heterocycles. The standard InChI is InChI=1S/C15H20BrN5/c1-4-5-8-21(3)15-19-14(10-17-20-15)18-13-7-6-11(2)9-12(13)16/h6-7,9-10H,4-5,8H2,1-3H3,(H,18,19,20). The van der Waals surface area contributed by atoms with Gasteiger partial charge in [-0.15, -0.1) is 5.10 Å². The number of nitrogens with one attached hydrogen (secondary N) is 1. The Hall–Kier alpha value is -1.69. The van der Waals surface area contributed by atoms with Crippen LogP contribution in [-0.4, -0.2) is 28.8 Å². The third kappa shape index (κ3) is 4.39. The molecule has 0 fully saturated rings. The summed E-state index contributed by atoms with van der Waals surface area (Å²) >= 11 is 3.55. The number of anilines is 3. The monoisotopic (exact) mass is 349 g/mol. The van der Waals surface area contributed by atoms with Gasteiger partial charge >= 0.3 is 0 Å². The molecule has 2 rings (SSSR count). The molecule has 0 aliphatic rings. The third-order valence-electron chi connectivity index (χ3n) is 3.12. The minimum absolute atomic E-state index is 0.636. The second kappa shape index (κ2) is 7.36. The zero-order chi connectivity index (χ0) is 15.2. The van der Waals surface area contributed by atoms with Crippen molar-refractivity contribution in [1.82, 2.24) is 15.2 Å². The number of rotatable bonds is 6. The Labute approximate surface area is 133 Å². The van der Waals surface area contributed by atoms with E-state index in [1.54, 1.807) is 6.20 Å². The molecule has 0 atom stereocenters. The molecule has 6 heteroatoms. The first-order valence-corrected chi connectivity index (χ1v) is 7.83. The van der Waals surface area contributed by atoms with Crippen LogP contribution < -0.4 is 10.2 Å². The highest BCUT2D eigenvalue weighted by molar-refractivity contribution is 9.10. The van der Waals surface area contributed by atoms with Crippen LogP contribution in [0, 0.1) is 6.92 Å². The zero-order valence-corrected chi connectivity index (χ0v) is 14.2. The summed E-state index contributed by atoms with van der Waals surface area (Å²) in [6, 6.07) is 6.13. The molecule has 0 radical (unpaired) electrons. The predicted octanol–water partition coefficient (Wildman–Crippen LogP) is 3.92. The van der Waals surface area contributed by atoms with Crippen LogP contribution in [0.2, 0.25) is 0 Å². The summed E-state index contributed by atoms with van der Waals surface area (Å²) < 4.78 is 1.00. The molecule has 1 aromatic carbocycles. The second-order valence-electron chi connectivity index (χ2n) is 5.03. The number of halogens is 1. The van der Waals surface area contributed by atoms with Crippen LogP contribution in [-0.2, 0) is 0 Å². The minimum Gasteiger partial charge on any atom is -0.343 e. The smallest absolute Gasteiger partial charge is 0.247 e. The Bertz CT molecular complexity index is 602. The SMILES string of the molecule is CCCCN(C)c1nncc(Nc2ccc(C)cc2Br)n1. The van der Waals surface area contributed by atoms with E-state index < -0.39 is 0 Å².